The molecule has 1 aliphatic rings. The van der Waals surface area contributed by atoms with Gasteiger partial charge in [-0.15, -0.1) is 0 Å². The molecule has 0 saturated heterocycles. The van der Waals surface area contributed by atoms with E-state index in [1.807, 2.05) is 6.92 Å². The summed E-state index contributed by atoms with van der Waals surface area (Å²) in [4.78, 5) is 0. The van der Waals surface area contributed by atoms with Crippen molar-refractivity contribution in [1.29, 1.82) is 0 Å². The Morgan fingerprint density at radius 1 is 1.28 bits per heavy atom. The van der Waals surface area contributed by atoms with Crippen molar-refractivity contribution in [3.05, 3.63) is 53.6 Å². The summed E-state index contributed by atoms with van der Waals surface area (Å²) in [6, 6.07) is 8.52. The zero-order valence-electron chi connectivity index (χ0n) is 11.0. The summed E-state index contributed by atoms with van der Waals surface area (Å²) >= 11 is 0. The molecule has 1 aliphatic carbocycles. The lowest BCUT2D eigenvalue weighted by molar-refractivity contribution is -0.0732. The van der Waals surface area contributed by atoms with Crippen molar-refractivity contribution in [3.63, 3.8) is 0 Å². The van der Waals surface area contributed by atoms with Crippen LogP contribution in [0.2, 0.25) is 0 Å². The van der Waals surface area contributed by atoms with E-state index in [0.717, 1.165) is 12.8 Å². The van der Waals surface area contributed by atoms with Gasteiger partial charge in [-0.05, 0) is 36.0 Å². The fraction of sp³-hybridized carbons (Fsp3) is 0.375. The molecule has 18 heavy (non-hydrogen) atoms. The Kier molecular flexibility index (Phi) is 4.73. The van der Waals surface area contributed by atoms with Crippen LogP contribution in [0.25, 0.3) is 5.57 Å². The predicted octanol–water partition coefficient (Wildman–Crippen LogP) is 3.67. The van der Waals surface area contributed by atoms with E-state index < -0.39 is 0 Å². The van der Waals surface area contributed by atoms with Crippen LogP contribution < -0.4 is 0 Å². The lowest BCUT2D eigenvalue weighted by Gasteiger charge is -2.17. The Balaban J connectivity index is 2.34. The van der Waals surface area contributed by atoms with Crippen LogP contribution in [0.1, 0.15) is 30.9 Å². The van der Waals surface area contributed by atoms with Gasteiger partial charge < -0.3 is 5.21 Å². The largest absolute Gasteiger partial charge is 0.314 e. The Labute approximate surface area is 109 Å². The lowest BCUT2D eigenvalue weighted by atomic mass is 9.96. The summed E-state index contributed by atoms with van der Waals surface area (Å²) in [5.41, 5.74) is 3.85. The van der Waals surface area contributed by atoms with Crippen LogP contribution in [0, 0.1) is 0 Å². The Hall–Kier alpha value is -1.38. The third-order valence-electron chi connectivity index (χ3n) is 3.33. The second-order valence-corrected chi connectivity index (χ2v) is 4.65. The second-order valence-electron chi connectivity index (χ2n) is 4.65. The minimum Gasteiger partial charge on any atom is -0.314 e. The average Bonchev–Trinajstić information content (AvgIpc) is 2.50. The van der Waals surface area contributed by atoms with E-state index in [1.54, 1.807) is 0 Å². The van der Waals surface area contributed by atoms with E-state index in [9.17, 15) is 5.21 Å². The number of hydrogen-bond acceptors (Lipinski definition) is 2. The van der Waals surface area contributed by atoms with Gasteiger partial charge in [0.1, 0.15) is 0 Å². The molecule has 1 N–H and O–H groups in total. The first-order chi connectivity index (χ1) is 8.81. The Bertz CT molecular complexity index is 448. The SMILES string of the molecule is CCN(O)C/C1=C/C=C\CCCc2ccccc21. The molecule has 1 aromatic carbocycles. The van der Waals surface area contributed by atoms with E-state index in [2.05, 4.69) is 42.5 Å². The Morgan fingerprint density at radius 2 is 2.11 bits per heavy atom. The molecule has 0 atom stereocenters. The molecular weight excluding hydrogens is 222 g/mol. The molecule has 0 spiro atoms. The summed E-state index contributed by atoms with van der Waals surface area (Å²) in [5, 5.41) is 11.1. The summed E-state index contributed by atoms with van der Waals surface area (Å²) in [6.07, 6.45) is 9.86. The minimum atomic E-state index is 0.581. The van der Waals surface area contributed by atoms with Crippen molar-refractivity contribution >= 4 is 5.57 Å². The number of benzene rings is 1. The van der Waals surface area contributed by atoms with Gasteiger partial charge >= 0.3 is 0 Å². The highest BCUT2D eigenvalue weighted by molar-refractivity contribution is 5.71. The average molecular weight is 243 g/mol. The van der Waals surface area contributed by atoms with Gasteiger partial charge in [0.05, 0.1) is 0 Å². The van der Waals surface area contributed by atoms with Crippen LogP contribution in [0.3, 0.4) is 0 Å². The number of likely N-dealkylation sites (N-methyl/N-ethyl adjacent to an activating group) is 1. The van der Waals surface area contributed by atoms with E-state index in [0.29, 0.717) is 13.1 Å². The van der Waals surface area contributed by atoms with Crippen LogP contribution in [0.15, 0.2) is 42.5 Å². The third kappa shape index (κ3) is 3.31. The lowest BCUT2D eigenvalue weighted by Crippen LogP contribution is -2.21. The molecule has 0 saturated carbocycles. The number of nitrogens with zero attached hydrogens (tertiary/aromatic N) is 1. The van der Waals surface area contributed by atoms with E-state index in [-0.39, 0.29) is 0 Å². The number of hydroxylamine groups is 2. The number of rotatable bonds is 3. The summed E-state index contributed by atoms with van der Waals surface area (Å²) < 4.78 is 0. The maximum Gasteiger partial charge on any atom is 0.0494 e. The third-order valence-corrected chi connectivity index (χ3v) is 3.33. The smallest absolute Gasteiger partial charge is 0.0494 e. The van der Waals surface area contributed by atoms with Gasteiger partial charge in [0.15, 0.2) is 0 Å². The van der Waals surface area contributed by atoms with E-state index >= 15 is 0 Å². The van der Waals surface area contributed by atoms with Gasteiger partial charge in [0, 0.05) is 13.1 Å². The number of allylic oxidation sites excluding steroid dienone is 3. The van der Waals surface area contributed by atoms with Gasteiger partial charge in [-0.3, -0.25) is 0 Å². The summed E-state index contributed by atoms with van der Waals surface area (Å²) in [5.74, 6) is 0. The minimum absolute atomic E-state index is 0.581. The number of fused-ring (bicyclic) bond motifs is 1. The molecule has 0 aliphatic heterocycles. The van der Waals surface area contributed by atoms with Crippen molar-refractivity contribution in [2.24, 2.45) is 0 Å². The van der Waals surface area contributed by atoms with E-state index in [1.165, 1.54) is 28.2 Å². The normalized spacial score (nSPS) is 20.3. The van der Waals surface area contributed by atoms with E-state index in [4.69, 9.17) is 0 Å². The number of hydrogen-bond donors (Lipinski definition) is 1. The van der Waals surface area contributed by atoms with Gasteiger partial charge in [-0.2, -0.15) is 5.06 Å². The Morgan fingerprint density at radius 3 is 2.94 bits per heavy atom. The molecule has 0 radical (unpaired) electrons. The highest BCUT2D eigenvalue weighted by atomic mass is 16.5. The zero-order chi connectivity index (χ0) is 12.8. The molecule has 2 rings (SSSR count). The monoisotopic (exact) mass is 243 g/mol. The van der Waals surface area contributed by atoms with Crippen molar-refractivity contribution < 1.29 is 5.21 Å². The van der Waals surface area contributed by atoms with Gasteiger partial charge in [0.2, 0.25) is 0 Å². The van der Waals surface area contributed by atoms with Crippen molar-refractivity contribution in [2.75, 3.05) is 13.1 Å². The topological polar surface area (TPSA) is 23.5 Å². The maximum absolute atomic E-state index is 9.74. The highest BCUT2D eigenvalue weighted by Gasteiger charge is 2.10. The van der Waals surface area contributed by atoms with Crippen LogP contribution in [0.4, 0.5) is 0 Å². The van der Waals surface area contributed by atoms with Gasteiger partial charge in [-0.25, -0.2) is 0 Å². The van der Waals surface area contributed by atoms with Crippen molar-refractivity contribution in [2.45, 2.75) is 26.2 Å². The molecule has 0 fully saturated rings. The first-order valence-corrected chi connectivity index (χ1v) is 6.69. The first kappa shape index (κ1) is 13.1. The summed E-state index contributed by atoms with van der Waals surface area (Å²) in [6.45, 7) is 3.18. The predicted molar refractivity (Wildman–Crippen MR) is 75.5 cm³/mol. The molecule has 2 heteroatoms. The highest BCUT2D eigenvalue weighted by Crippen LogP contribution is 2.23. The molecule has 0 aromatic heterocycles. The van der Waals surface area contributed by atoms with Crippen molar-refractivity contribution in [1.82, 2.24) is 5.06 Å². The molecule has 0 amide bonds. The molecule has 0 bridgehead atoms. The maximum atomic E-state index is 9.74. The van der Waals surface area contributed by atoms with Gasteiger partial charge in [0.25, 0.3) is 0 Å². The van der Waals surface area contributed by atoms with Crippen LogP contribution >= 0.6 is 0 Å². The molecule has 1 aromatic rings. The standard InChI is InChI=1S/C16H21NO/c1-2-17(18)13-15-11-6-4-3-5-9-14-10-7-8-12-16(14)15/h4,6-8,10-12,18H,2-3,5,9,13H2,1H3/b6-4-,15-11-. The molecule has 2 nitrogen and oxygen atoms in total. The van der Waals surface area contributed by atoms with Crippen LogP contribution in [-0.4, -0.2) is 23.4 Å². The second kappa shape index (κ2) is 6.53. The fourth-order valence-electron chi connectivity index (χ4n) is 2.28. The quantitative estimate of drug-likeness (QED) is 0.819. The molecule has 0 unspecified atom stereocenters. The van der Waals surface area contributed by atoms with Gasteiger partial charge in [-0.1, -0.05) is 49.4 Å². The summed E-state index contributed by atoms with van der Waals surface area (Å²) in [7, 11) is 0. The van der Waals surface area contributed by atoms with Crippen LogP contribution in [0.5, 0.6) is 0 Å². The molecule has 0 heterocycles. The molecule has 96 valence electrons. The molecular formula is C16H21NO. The van der Waals surface area contributed by atoms with Crippen molar-refractivity contribution in [3.8, 4) is 0 Å². The van der Waals surface area contributed by atoms with Crippen LogP contribution in [-0.2, 0) is 6.42 Å². The number of aryl methyl sites for hydroxylation is 1. The first-order valence-electron chi connectivity index (χ1n) is 6.69. The zero-order valence-corrected chi connectivity index (χ0v) is 11.0. The fourth-order valence-corrected chi connectivity index (χ4v) is 2.28.